The second kappa shape index (κ2) is 7.98. The average Bonchev–Trinajstić information content (AvgIpc) is 2.93. The van der Waals surface area contributed by atoms with Gasteiger partial charge in [0.15, 0.2) is 0 Å². The Hall–Kier alpha value is -1.82. The molecule has 0 saturated heterocycles. The monoisotopic (exact) mass is 307 g/mol. The lowest BCUT2D eigenvalue weighted by atomic mass is 9.86. The minimum Gasteiger partial charge on any atom is -0.468 e. The quantitative estimate of drug-likeness (QED) is 0.874. The number of nitrogens with zero attached hydrogens (tertiary/aromatic N) is 1. The van der Waals surface area contributed by atoms with E-state index in [9.17, 15) is 9.59 Å². The Kier molecular flexibility index (Phi) is 6.00. The number of carbonyl (C=O) groups excluding carboxylic acids is 2. The average molecular weight is 307 g/mol. The Labute approximate surface area is 131 Å². The van der Waals surface area contributed by atoms with Gasteiger partial charge in [0, 0.05) is 6.04 Å². The van der Waals surface area contributed by atoms with E-state index in [-0.39, 0.29) is 18.5 Å². The van der Waals surface area contributed by atoms with E-state index in [1.807, 2.05) is 19.2 Å². The molecule has 0 spiro atoms. The van der Waals surface area contributed by atoms with Crippen molar-refractivity contribution in [3.8, 4) is 0 Å². The van der Waals surface area contributed by atoms with Crippen LogP contribution in [0.25, 0.3) is 0 Å². The molecule has 122 valence electrons. The van der Waals surface area contributed by atoms with Crippen LogP contribution in [0.3, 0.4) is 0 Å². The number of imide groups is 1. The molecule has 1 aliphatic carbocycles. The van der Waals surface area contributed by atoms with E-state index in [0.717, 1.165) is 25.0 Å². The summed E-state index contributed by atoms with van der Waals surface area (Å²) in [5.41, 5.74) is 0. The number of rotatable bonds is 5. The first kappa shape index (κ1) is 16.5. The molecule has 1 aliphatic rings. The number of hydrogen-bond donors (Lipinski definition) is 2. The van der Waals surface area contributed by atoms with Crippen LogP contribution in [-0.2, 0) is 11.3 Å². The van der Waals surface area contributed by atoms with E-state index in [0.29, 0.717) is 12.5 Å². The van der Waals surface area contributed by atoms with Crippen molar-refractivity contribution >= 4 is 11.9 Å². The standard InChI is InChI=1S/C16H25N3O3/c1-12-6-3-4-8-14(12)17-16(21)18-15(20)11-19(2)10-13-7-5-9-22-13/h5,7,9,12,14H,3-4,6,8,10-11H2,1-2H3,(H2,17,18,20,21). The maximum atomic E-state index is 11.9. The fraction of sp³-hybridized carbons (Fsp3) is 0.625. The van der Waals surface area contributed by atoms with E-state index >= 15 is 0 Å². The summed E-state index contributed by atoms with van der Waals surface area (Å²) in [6.45, 7) is 2.82. The number of urea groups is 1. The van der Waals surface area contributed by atoms with Crippen LogP contribution in [0.15, 0.2) is 22.8 Å². The molecule has 1 fully saturated rings. The van der Waals surface area contributed by atoms with Gasteiger partial charge < -0.3 is 9.73 Å². The lowest BCUT2D eigenvalue weighted by Gasteiger charge is -2.29. The molecule has 1 heterocycles. The van der Waals surface area contributed by atoms with Crippen LogP contribution in [0.1, 0.15) is 38.4 Å². The Balaban J connectivity index is 1.70. The van der Waals surface area contributed by atoms with Gasteiger partial charge in [0.05, 0.1) is 19.4 Å². The first-order valence-corrected chi connectivity index (χ1v) is 7.86. The Bertz CT molecular complexity index is 487. The number of furan rings is 1. The highest BCUT2D eigenvalue weighted by Crippen LogP contribution is 2.23. The summed E-state index contributed by atoms with van der Waals surface area (Å²) in [6.07, 6.45) is 6.07. The summed E-state index contributed by atoms with van der Waals surface area (Å²) in [5.74, 6) is 0.946. The maximum Gasteiger partial charge on any atom is 0.321 e. The highest BCUT2D eigenvalue weighted by Gasteiger charge is 2.23. The zero-order valence-electron chi connectivity index (χ0n) is 13.3. The van der Waals surface area contributed by atoms with Crippen molar-refractivity contribution in [2.75, 3.05) is 13.6 Å². The topological polar surface area (TPSA) is 74.6 Å². The SMILES string of the molecule is CC1CCCCC1NC(=O)NC(=O)CN(C)Cc1ccco1. The lowest BCUT2D eigenvalue weighted by molar-refractivity contribution is -0.121. The molecular formula is C16H25N3O3. The van der Waals surface area contributed by atoms with Crippen LogP contribution in [0.4, 0.5) is 4.79 Å². The Morgan fingerprint density at radius 2 is 2.14 bits per heavy atom. The second-order valence-corrected chi connectivity index (χ2v) is 6.14. The Morgan fingerprint density at radius 3 is 2.82 bits per heavy atom. The normalized spacial score (nSPS) is 21.6. The van der Waals surface area contributed by atoms with Gasteiger partial charge in [-0.05, 0) is 37.9 Å². The van der Waals surface area contributed by atoms with Gasteiger partial charge >= 0.3 is 6.03 Å². The predicted molar refractivity (Wildman–Crippen MR) is 83.1 cm³/mol. The third kappa shape index (κ3) is 5.18. The summed E-state index contributed by atoms with van der Waals surface area (Å²) in [5, 5.41) is 5.31. The van der Waals surface area contributed by atoms with Crippen LogP contribution in [-0.4, -0.2) is 36.5 Å². The fourth-order valence-corrected chi connectivity index (χ4v) is 2.87. The molecule has 6 heteroatoms. The van der Waals surface area contributed by atoms with E-state index in [4.69, 9.17) is 4.42 Å². The molecule has 1 aromatic rings. The number of carbonyl (C=O) groups is 2. The largest absolute Gasteiger partial charge is 0.468 e. The molecule has 0 aromatic carbocycles. The maximum absolute atomic E-state index is 11.9. The van der Waals surface area contributed by atoms with Gasteiger partial charge in [-0.3, -0.25) is 15.0 Å². The third-order valence-electron chi connectivity index (χ3n) is 4.10. The van der Waals surface area contributed by atoms with E-state index < -0.39 is 6.03 Å². The molecule has 2 atom stereocenters. The number of likely N-dealkylation sites (N-methyl/N-ethyl adjacent to an activating group) is 1. The molecule has 0 bridgehead atoms. The number of amides is 3. The fourth-order valence-electron chi connectivity index (χ4n) is 2.87. The first-order valence-electron chi connectivity index (χ1n) is 7.86. The van der Waals surface area contributed by atoms with Crippen LogP contribution in [0, 0.1) is 5.92 Å². The minimum atomic E-state index is -0.393. The summed E-state index contributed by atoms with van der Waals surface area (Å²) in [4.78, 5) is 25.6. The molecule has 2 rings (SSSR count). The molecule has 0 aliphatic heterocycles. The molecule has 22 heavy (non-hydrogen) atoms. The Morgan fingerprint density at radius 1 is 1.36 bits per heavy atom. The molecule has 1 aromatic heterocycles. The molecular weight excluding hydrogens is 282 g/mol. The summed E-state index contributed by atoms with van der Waals surface area (Å²) in [6, 6.07) is 3.44. The number of hydrogen-bond acceptors (Lipinski definition) is 4. The highest BCUT2D eigenvalue weighted by molar-refractivity contribution is 5.95. The van der Waals surface area contributed by atoms with Crippen LogP contribution in [0.5, 0.6) is 0 Å². The van der Waals surface area contributed by atoms with E-state index in [1.54, 1.807) is 11.2 Å². The first-order chi connectivity index (χ1) is 10.5. The number of nitrogens with one attached hydrogen (secondary N) is 2. The lowest BCUT2D eigenvalue weighted by Crippen LogP contribution is -2.49. The molecule has 1 saturated carbocycles. The zero-order valence-corrected chi connectivity index (χ0v) is 13.3. The molecule has 2 N–H and O–H groups in total. The van der Waals surface area contributed by atoms with Crippen molar-refractivity contribution in [1.29, 1.82) is 0 Å². The smallest absolute Gasteiger partial charge is 0.321 e. The summed E-state index contributed by atoms with van der Waals surface area (Å²) >= 11 is 0. The van der Waals surface area contributed by atoms with Crippen molar-refractivity contribution in [2.45, 2.75) is 45.2 Å². The van der Waals surface area contributed by atoms with Gasteiger partial charge in [-0.2, -0.15) is 0 Å². The van der Waals surface area contributed by atoms with Gasteiger partial charge in [-0.25, -0.2) is 4.79 Å². The summed E-state index contributed by atoms with van der Waals surface area (Å²) < 4.78 is 5.23. The van der Waals surface area contributed by atoms with Gasteiger partial charge in [0.2, 0.25) is 5.91 Å². The van der Waals surface area contributed by atoms with Gasteiger partial charge in [-0.1, -0.05) is 19.8 Å². The predicted octanol–water partition coefficient (Wildman–Crippen LogP) is 2.12. The third-order valence-corrected chi connectivity index (χ3v) is 4.10. The van der Waals surface area contributed by atoms with Crippen LogP contribution < -0.4 is 10.6 Å². The van der Waals surface area contributed by atoms with Crippen molar-refractivity contribution in [2.24, 2.45) is 5.92 Å². The van der Waals surface area contributed by atoms with Crippen molar-refractivity contribution in [1.82, 2.24) is 15.5 Å². The van der Waals surface area contributed by atoms with Crippen molar-refractivity contribution in [3.05, 3.63) is 24.2 Å². The van der Waals surface area contributed by atoms with Gasteiger partial charge in [-0.15, -0.1) is 0 Å². The van der Waals surface area contributed by atoms with Crippen LogP contribution in [0.2, 0.25) is 0 Å². The second-order valence-electron chi connectivity index (χ2n) is 6.14. The molecule has 2 unspecified atom stereocenters. The zero-order chi connectivity index (χ0) is 15.9. The van der Waals surface area contributed by atoms with Crippen molar-refractivity contribution < 1.29 is 14.0 Å². The van der Waals surface area contributed by atoms with Crippen LogP contribution >= 0.6 is 0 Å². The summed E-state index contributed by atoms with van der Waals surface area (Å²) in [7, 11) is 1.81. The van der Waals surface area contributed by atoms with E-state index in [2.05, 4.69) is 17.6 Å². The highest BCUT2D eigenvalue weighted by atomic mass is 16.3. The van der Waals surface area contributed by atoms with Crippen molar-refractivity contribution in [3.63, 3.8) is 0 Å². The van der Waals surface area contributed by atoms with Gasteiger partial charge in [0.25, 0.3) is 0 Å². The molecule has 0 radical (unpaired) electrons. The van der Waals surface area contributed by atoms with Gasteiger partial charge in [0.1, 0.15) is 5.76 Å². The van der Waals surface area contributed by atoms with E-state index in [1.165, 1.54) is 6.42 Å². The molecule has 6 nitrogen and oxygen atoms in total. The molecule has 3 amide bonds. The minimum absolute atomic E-state index is 0.147.